The summed E-state index contributed by atoms with van der Waals surface area (Å²) >= 11 is 0. The molecule has 0 atom stereocenters. The van der Waals surface area contributed by atoms with Gasteiger partial charge in [-0.05, 0) is 39.5 Å². The van der Waals surface area contributed by atoms with E-state index in [4.69, 9.17) is 0 Å². The van der Waals surface area contributed by atoms with Gasteiger partial charge in [0.1, 0.15) is 0 Å². The molecule has 0 radical (unpaired) electrons. The van der Waals surface area contributed by atoms with Crippen molar-refractivity contribution in [1.29, 1.82) is 0 Å². The van der Waals surface area contributed by atoms with Gasteiger partial charge >= 0.3 is 6.03 Å². The number of urea groups is 1. The second-order valence-electron chi connectivity index (χ2n) is 5.72. The van der Waals surface area contributed by atoms with Gasteiger partial charge in [-0.3, -0.25) is 10.1 Å². The first-order valence-corrected chi connectivity index (χ1v) is 7.51. The smallest absolute Gasteiger partial charge is 0.321 e. The maximum atomic E-state index is 11.6. The molecule has 0 heterocycles. The van der Waals surface area contributed by atoms with Gasteiger partial charge < -0.3 is 10.6 Å². The van der Waals surface area contributed by atoms with Crippen LogP contribution in [0.4, 0.5) is 4.79 Å². The summed E-state index contributed by atoms with van der Waals surface area (Å²) in [6.45, 7) is 4.07. The van der Waals surface area contributed by atoms with Gasteiger partial charge in [0, 0.05) is 6.04 Å². The van der Waals surface area contributed by atoms with Crippen LogP contribution in [0.1, 0.15) is 58.8 Å². The van der Waals surface area contributed by atoms with E-state index >= 15 is 0 Å². The van der Waals surface area contributed by atoms with Crippen LogP contribution >= 0.6 is 0 Å². The number of hydrogen-bond acceptors (Lipinski definition) is 2. The fourth-order valence-corrected chi connectivity index (χ4v) is 2.47. The summed E-state index contributed by atoms with van der Waals surface area (Å²) in [5.74, 6) is -0.208. The molecule has 1 saturated carbocycles. The zero-order valence-electron chi connectivity index (χ0n) is 12.2. The van der Waals surface area contributed by atoms with E-state index < -0.39 is 6.03 Å². The molecule has 3 amide bonds. The van der Waals surface area contributed by atoms with E-state index in [2.05, 4.69) is 16.0 Å². The quantitative estimate of drug-likeness (QED) is 0.710. The second kappa shape index (κ2) is 8.91. The van der Waals surface area contributed by atoms with Crippen LogP contribution in [-0.2, 0) is 4.79 Å². The molecule has 0 aliphatic heterocycles. The monoisotopic (exact) mass is 270 g/mol. The minimum absolute atomic E-state index is 0.0439. The maximum absolute atomic E-state index is 11.6. The Morgan fingerprint density at radius 3 is 2.26 bits per heavy atom. The first-order chi connectivity index (χ1) is 9.08. The van der Waals surface area contributed by atoms with E-state index in [0.29, 0.717) is 12.6 Å². The molecular weight excluding hydrogens is 242 g/mol. The zero-order valence-corrected chi connectivity index (χ0v) is 12.2. The van der Waals surface area contributed by atoms with Gasteiger partial charge in [0.05, 0.1) is 6.04 Å². The lowest BCUT2D eigenvalue weighted by molar-refractivity contribution is -0.680. The van der Waals surface area contributed by atoms with Crippen molar-refractivity contribution in [2.24, 2.45) is 0 Å². The molecule has 0 aromatic rings. The number of amides is 3. The van der Waals surface area contributed by atoms with E-state index in [1.807, 2.05) is 13.8 Å². The third-order valence-electron chi connectivity index (χ3n) is 3.46. The second-order valence-corrected chi connectivity index (χ2v) is 5.72. The number of carbonyl (C=O) groups excluding carboxylic acids is 2. The molecule has 0 unspecified atom stereocenters. The predicted octanol–water partition coefficient (Wildman–Crippen LogP) is 0.897. The lowest BCUT2D eigenvalue weighted by atomic mass is 9.97. The van der Waals surface area contributed by atoms with Crippen molar-refractivity contribution < 1.29 is 14.9 Å². The molecule has 5 nitrogen and oxygen atoms in total. The Labute approximate surface area is 115 Å². The van der Waals surface area contributed by atoms with Crippen molar-refractivity contribution in [3.63, 3.8) is 0 Å². The van der Waals surface area contributed by atoms with Gasteiger partial charge in [-0.25, -0.2) is 4.79 Å². The molecule has 5 heteroatoms. The highest BCUT2D eigenvalue weighted by Crippen LogP contribution is 2.14. The zero-order chi connectivity index (χ0) is 14.1. The van der Waals surface area contributed by atoms with E-state index in [0.717, 1.165) is 0 Å². The Hall–Kier alpha value is -1.10. The van der Waals surface area contributed by atoms with E-state index in [-0.39, 0.29) is 11.9 Å². The SMILES string of the molecule is CC(C)NC(=O)NC(=O)C[NH2+]C1CCCCCCC1. The van der Waals surface area contributed by atoms with Crippen LogP contribution in [0.3, 0.4) is 0 Å². The molecule has 0 aromatic carbocycles. The van der Waals surface area contributed by atoms with Crippen molar-refractivity contribution >= 4 is 11.9 Å². The largest absolute Gasteiger partial charge is 0.336 e. The predicted molar refractivity (Wildman–Crippen MR) is 74.7 cm³/mol. The summed E-state index contributed by atoms with van der Waals surface area (Å²) in [5.41, 5.74) is 0. The van der Waals surface area contributed by atoms with Crippen molar-refractivity contribution in [1.82, 2.24) is 10.6 Å². The number of imide groups is 1. The molecule has 0 spiro atoms. The van der Waals surface area contributed by atoms with Crippen molar-refractivity contribution in [3.05, 3.63) is 0 Å². The normalized spacial score (nSPS) is 17.6. The Morgan fingerprint density at radius 2 is 1.68 bits per heavy atom. The standard InChI is InChI=1S/C14H27N3O2/c1-11(2)16-14(19)17-13(18)10-15-12-8-6-4-3-5-7-9-12/h11-12,15H,3-10H2,1-2H3,(H2,16,17,18,19)/p+1. The van der Waals surface area contributed by atoms with Gasteiger partial charge in [-0.15, -0.1) is 0 Å². The van der Waals surface area contributed by atoms with Gasteiger partial charge in [0.15, 0.2) is 6.54 Å². The van der Waals surface area contributed by atoms with Crippen LogP contribution in [0.25, 0.3) is 0 Å². The Kier molecular flexibility index (Phi) is 7.48. The number of carbonyl (C=O) groups is 2. The third-order valence-corrected chi connectivity index (χ3v) is 3.46. The van der Waals surface area contributed by atoms with E-state index in [1.54, 1.807) is 0 Å². The van der Waals surface area contributed by atoms with Crippen LogP contribution < -0.4 is 16.0 Å². The summed E-state index contributed by atoms with van der Waals surface area (Å²) < 4.78 is 0. The van der Waals surface area contributed by atoms with Crippen LogP contribution in [-0.4, -0.2) is 30.6 Å². The molecule has 19 heavy (non-hydrogen) atoms. The van der Waals surface area contributed by atoms with Crippen molar-refractivity contribution in [2.45, 2.75) is 70.9 Å². The van der Waals surface area contributed by atoms with Crippen LogP contribution in [0.2, 0.25) is 0 Å². The highest BCUT2D eigenvalue weighted by atomic mass is 16.2. The van der Waals surface area contributed by atoms with Gasteiger partial charge in [-0.1, -0.05) is 19.3 Å². The van der Waals surface area contributed by atoms with Crippen LogP contribution in [0.15, 0.2) is 0 Å². The Bertz CT molecular complexity index is 284. The van der Waals surface area contributed by atoms with E-state index in [1.165, 1.54) is 44.9 Å². The van der Waals surface area contributed by atoms with Crippen LogP contribution in [0, 0.1) is 0 Å². The molecule has 1 aliphatic carbocycles. The molecule has 4 N–H and O–H groups in total. The van der Waals surface area contributed by atoms with Crippen LogP contribution in [0.5, 0.6) is 0 Å². The summed E-state index contributed by atoms with van der Waals surface area (Å²) in [5, 5.41) is 7.09. The summed E-state index contributed by atoms with van der Waals surface area (Å²) in [4.78, 5) is 23.0. The molecule has 110 valence electrons. The first kappa shape index (κ1) is 16.0. The van der Waals surface area contributed by atoms with Gasteiger partial charge in [-0.2, -0.15) is 0 Å². The minimum atomic E-state index is -0.397. The number of rotatable bonds is 4. The number of hydrogen-bond donors (Lipinski definition) is 3. The fourth-order valence-electron chi connectivity index (χ4n) is 2.47. The highest BCUT2D eigenvalue weighted by molar-refractivity contribution is 5.94. The van der Waals surface area contributed by atoms with E-state index in [9.17, 15) is 9.59 Å². The summed E-state index contributed by atoms with van der Waals surface area (Å²) in [6, 6.07) is 0.188. The molecule has 0 aromatic heterocycles. The Balaban J connectivity index is 2.19. The average molecular weight is 270 g/mol. The molecule has 0 bridgehead atoms. The topological polar surface area (TPSA) is 74.8 Å². The minimum Gasteiger partial charge on any atom is -0.336 e. The average Bonchev–Trinajstić information content (AvgIpc) is 2.25. The fraction of sp³-hybridized carbons (Fsp3) is 0.857. The van der Waals surface area contributed by atoms with Gasteiger partial charge in [0.25, 0.3) is 5.91 Å². The first-order valence-electron chi connectivity index (χ1n) is 7.51. The molecular formula is C14H28N3O2+. The lowest BCUT2D eigenvalue weighted by Crippen LogP contribution is -2.92. The van der Waals surface area contributed by atoms with Gasteiger partial charge in [0.2, 0.25) is 0 Å². The molecule has 1 aliphatic rings. The maximum Gasteiger partial charge on any atom is 0.321 e. The molecule has 1 rings (SSSR count). The number of nitrogens with one attached hydrogen (secondary N) is 2. The van der Waals surface area contributed by atoms with Crippen molar-refractivity contribution in [2.75, 3.05) is 6.54 Å². The Morgan fingerprint density at radius 1 is 1.11 bits per heavy atom. The summed E-state index contributed by atoms with van der Waals surface area (Å²) in [6.07, 6.45) is 8.87. The number of nitrogens with two attached hydrogens (primary N) is 1. The third kappa shape index (κ3) is 7.82. The number of quaternary nitrogens is 1. The highest BCUT2D eigenvalue weighted by Gasteiger charge is 2.16. The summed E-state index contributed by atoms with van der Waals surface area (Å²) in [7, 11) is 0. The molecule has 1 fully saturated rings. The van der Waals surface area contributed by atoms with Crippen molar-refractivity contribution in [3.8, 4) is 0 Å². The molecule has 0 saturated heterocycles. The lowest BCUT2D eigenvalue weighted by Gasteiger charge is -2.18.